The second-order valence-electron chi connectivity index (χ2n) is 10.6. The maximum absolute atomic E-state index is 13.3. The molecule has 0 amide bonds. The molecule has 0 bridgehead atoms. The molecule has 0 aliphatic heterocycles. The van der Waals surface area contributed by atoms with Crippen molar-refractivity contribution in [1.29, 1.82) is 0 Å². The first-order valence-electron chi connectivity index (χ1n) is 10.5. The van der Waals surface area contributed by atoms with Gasteiger partial charge in [-0.05, 0) is 67.3 Å². The Morgan fingerprint density at radius 3 is 2.46 bits per heavy atom. The van der Waals surface area contributed by atoms with Crippen LogP contribution < -0.4 is 0 Å². The zero-order valence-electron chi connectivity index (χ0n) is 17.1. The van der Waals surface area contributed by atoms with Gasteiger partial charge in [0.05, 0.1) is 0 Å². The third-order valence-corrected chi connectivity index (χ3v) is 8.83. The first kappa shape index (κ1) is 18.3. The SMILES string of the molecule is CC(=O)OC1CCC2(C)C(=CC(=O)C3C4CCCC4(C)CCC32)C1(C)C. The van der Waals surface area contributed by atoms with Crippen molar-refractivity contribution in [2.45, 2.75) is 85.7 Å². The summed E-state index contributed by atoms with van der Waals surface area (Å²) in [6.45, 7) is 10.6. The van der Waals surface area contributed by atoms with E-state index in [-0.39, 0.29) is 28.8 Å². The summed E-state index contributed by atoms with van der Waals surface area (Å²) in [5.41, 5.74) is 1.43. The van der Waals surface area contributed by atoms with Crippen LogP contribution in [-0.4, -0.2) is 17.9 Å². The van der Waals surface area contributed by atoms with Gasteiger partial charge in [0.15, 0.2) is 5.78 Å². The van der Waals surface area contributed by atoms with Crippen LogP contribution in [0.3, 0.4) is 0 Å². The molecule has 0 aromatic rings. The second-order valence-corrected chi connectivity index (χ2v) is 10.6. The number of fused-ring (bicyclic) bond motifs is 5. The molecule has 6 unspecified atom stereocenters. The van der Waals surface area contributed by atoms with Crippen molar-refractivity contribution in [2.24, 2.45) is 34.0 Å². The van der Waals surface area contributed by atoms with Gasteiger partial charge in [0.1, 0.15) is 6.10 Å². The fraction of sp³-hybridized carbons (Fsp3) is 0.826. The van der Waals surface area contributed by atoms with Gasteiger partial charge in [-0.15, -0.1) is 0 Å². The highest BCUT2D eigenvalue weighted by atomic mass is 16.5. The second kappa shape index (κ2) is 5.69. The molecule has 3 saturated carbocycles. The highest BCUT2D eigenvalue weighted by Crippen LogP contribution is 2.66. The molecular formula is C23H34O3. The van der Waals surface area contributed by atoms with Crippen LogP contribution in [-0.2, 0) is 14.3 Å². The van der Waals surface area contributed by atoms with E-state index in [1.807, 2.05) is 6.08 Å². The van der Waals surface area contributed by atoms with Gasteiger partial charge in [0, 0.05) is 18.3 Å². The Bertz CT molecular complexity index is 675. The van der Waals surface area contributed by atoms with E-state index in [1.54, 1.807) is 0 Å². The van der Waals surface area contributed by atoms with Crippen molar-refractivity contribution >= 4 is 11.8 Å². The Labute approximate surface area is 157 Å². The van der Waals surface area contributed by atoms with Crippen molar-refractivity contribution in [1.82, 2.24) is 0 Å². The van der Waals surface area contributed by atoms with Gasteiger partial charge < -0.3 is 4.74 Å². The lowest BCUT2D eigenvalue weighted by Crippen LogP contribution is -2.56. The fourth-order valence-corrected chi connectivity index (χ4v) is 7.46. The van der Waals surface area contributed by atoms with Crippen LogP contribution in [0.5, 0.6) is 0 Å². The third kappa shape index (κ3) is 2.38. The average molecular weight is 359 g/mol. The predicted octanol–water partition coefficient (Wildman–Crippen LogP) is 5.09. The van der Waals surface area contributed by atoms with Crippen molar-refractivity contribution in [3.63, 3.8) is 0 Å². The highest BCUT2D eigenvalue weighted by molar-refractivity contribution is 5.95. The minimum atomic E-state index is -0.268. The van der Waals surface area contributed by atoms with Gasteiger partial charge in [-0.2, -0.15) is 0 Å². The minimum absolute atomic E-state index is 0.0721. The number of hydrogen-bond donors (Lipinski definition) is 0. The number of ether oxygens (including phenoxy) is 1. The van der Waals surface area contributed by atoms with E-state index in [1.165, 1.54) is 44.6 Å². The summed E-state index contributed by atoms with van der Waals surface area (Å²) in [6.07, 6.45) is 10.0. The lowest BCUT2D eigenvalue weighted by Gasteiger charge is -2.60. The summed E-state index contributed by atoms with van der Waals surface area (Å²) in [7, 11) is 0. The normalized spacial score (nSPS) is 46.7. The van der Waals surface area contributed by atoms with Crippen LogP contribution in [0.4, 0.5) is 0 Å². The lowest BCUT2D eigenvalue weighted by molar-refractivity contribution is -0.157. The third-order valence-electron chi connectivity index (χ3n) is 8.83. The molecule has 144 valence electrons. The summed E-state index contributed by atoms with van der Waals surface area (Å²) < 4.78 is 5.67. The van der Waals surface area contributed by atoms with E-state index >= 15 is 0 Å². The topological polar surface area (TPSA) is 43.4 Å². The molecule has 6 atom stereocenters. The number of allylic oxidation sites excluding steroid dienone is 1. The molecule has 0 aromatic heterocycles. The molecule has 0 heterocycles. The molecule has 4 rings (SSSR count). The molecule has 26 heavy (non-hydrogen) atoms. The molecule has 0 N–H and O–H groups in total. The quantitative estimate of drug-likeness (QED) is 0.614. The Morgan fingerprint density at radius 1 is 1.04 bits per heavy atom. The van der Waals surface area contributed by atoms with Crippen LogP contribution in [0.2, 0.25) is 0 Å². The average Bonchev–Trinajstić information content (AvgIpc) is 2.94. The Balaban J connectivity index is 1.74. The van der Waals surface area contributed by atoms with E-state index in [0.29, 0.717) is 23.0 Å². The first-order valence-corrected chi connectivity index (χ1v) is 10.5. The van der Waals surface area contributed by atoms with Crippen molar-refractivity contribution in [2.75, 3.05) is 0 Å². The van der Waals surface area contributed by atoms with Crippen LogP contribution in [0.1, 0.15) is 79.6 Å². The number of carbonyl (C=O) groups is 2. The Kier molecular flexibility index (Phi) is 3.99. The summed E-state index contributed by atoms with van der Waals surface area (Å²) in [6, 6.07) is 0. The predicted molar refractivity (Wildman–Crippen MR) is 101 cm³/mol. The number of carbonyl (C=O) groups excluding carboxylic acids is 2. The number of esters is 1. The molecule has 0 aromatic carbocycles. The molecule has 3 heteroatoms. The summed E-state index contributed by atoms with van der Waals surface area (Å²) >= 11 is 0. The minimum Gasteiger partial charge on any atom is -0.462 e. The van der Waals surface area contributed by atoms with Gasteiger partial charge >= 0.3 is 5.97 Å². The number of ketones is 1. The number of hydrogen-bond acceptors (Lipinski definition) is 3. The molecule has 0 saturated heterocycles. The van der Waals surface area contributed by atoms with Gasteiger partial charge in [0.2, 0.25) is 0 Å². The summed E-state index contributed by atoms with van der Waals surface area (Å²) in [5.74, 6) is 1.39. The van der Waals surface area contributed by atoms with Crippen LogP contribution in [0, 0.1) is 34.0 Å². The summed E-state index contributed by atoms with van der Waals surface area (Å²) in [4.78, 5) is 24.9. The van der Waals surface area contributed by atoms with Crippen molar-refractivity contribution in [3.8, 4) is 0 Å². The van der Waals surface area contributed by atoms with Gasteiger partial charge in [-0.1, -0.05) is 39.7 Å². The number of rotatable bonds is 1. The molecule has 4 aliphatic carbocycles. The standard InChI is InChI=1S/C23H34O3/c1-14(24)26-19-9-12-23(5)16-8-11-22(4)10-6-7-15(22)20(16)17(25)13-18(23)21(19,2)3/h13,15-16,19-20H,6-12H2,1-5H3. The largest absolute Gasteiger partial charge is 0.462 e. The van der Waals surface area contributed by atoms with E-state index in [2.05, 4.69) is 27.7 Å². The molecular weight excluding hydrogens is 324 g/mol. The van der Waals surface area contributed by atoms with Gasteiger partial charge in [0.25, 0.3) is 0 Å². The maximum Gasteiger partial charge on any atom is 0.302 e. The van der Waals surface area contributed by atoms with Crippen molar-refractivity contribution < 1.29 is 14.3 Å². The van der Waals surface area contributed by atoms with Gasteiger partial charge in [-0.25, -0.2) is 0 Å². The smallest absolute Gasteiger partial charge is 0.302 e. The molecule has 0 radical (unpaired) electrons. The molecule has 0 spiro atoms. The van der Waals surface area contributed by atoms with E-state index in [0.717, 1.165) is 12.8 Å². The Hall–Kier alpha value is -1.12. The molecule has 4 aliphatic rings. The van der Waals surface area contributed by atoms with E-state index < -0.39 is 0 Å². The highest BCUT2D eigenvalue weighted by Gasteiger charge is 2.61. The fourth-order valence-electron chi connectivity index (χ4n) is 7.46. The monoisotopic (exact) mass is 358 g/mol. The lowest BCUT2D eigenvalue weighted by atomic mass is 9.44. The zero-order valence-corrected chi connectivity index (χ0v) is 17.1. The molecule has 3 nitrogen and oxygen atoms in total. The maximum atomic E-state index is 13.3. The Morgan fingerprint density at radius 2 is 1.77 bits per heavy atom. The van der Waals surface area contributed by atoms with Crippen molar-refractivity contribution in [3.05, 3.63) is 11.6 Å². The zero-order chi connectivity index (χ0) is 18.9. The van der Waals surface area contributed by atoms with E-state index in [9.17, 15) is 9.59 Å². The first-order chi connectivity index (χ1) is 12.1. The summed E-state index contributed by atoms with van der Waals surface area (Å²) in [5, 5.41) is 0. The molecule has 3 fully saturated rings. The van der Waals surface area contributed by atoms with Crippen LogP contribution in [0.25, 0.3) is 0 Å². The van der Waals surface area contributed by atoms with Gasteiger partial charge in [-0.3, -0.25) is 9.59 Å². The van der Waals surface area contributed by atoms with E-state index in [4.69, 9.17) is 4.74 Å². The van der Waals surface area contributed by atoms with Crippen LogP contribution >= 0.6 is 0 Å². The van der Waals surface area contributed by atoms with Crippen LogP contribution in [0.15, 0.2) is 11.6 Å².